The Balaban J connectivity index is 2.12. The zero-order chi connectivity index (χ0) is 14.4. The van der Waals surface area contributed by atoms with Crippen LogP contribution in [-0.2, 0) is 4.74 Å². The zero-order valence-electron chi connectivity index (χ0n) is 11.6. The second-order valence-corrected chi connectivity index (χ2v) is 4.85. The van der Waals surface area contributed by atoms with Crippen LogP contribution in [0.5, 0.6) is 5.75 Å². The van der Waals surface area contributed by atoms with Gasteiger partial charge in [-0.1, -0.05) is 6.92 Å². The molecule has 0 spiro atoms. The molecule has 0 atom stereocenters. The Kier molecular flexibility index (Phi) is 5.17. The number of benzene rings is 1. The van der Waals surface area contributed by atoms with E-state index in [1.54, 1.807) is 6.07 Å². The fourth-order valence-corrected chi connectivity index (χ4v) is 2.15. The van der Waals surface area contributed by atoms with Crippen LogP contribution in [0.4, 0.5) is 11.4 Å². The number of nitrogens with zero attached hydrogens (tertiary/aromatic N) is 1. The lowest BCUT2D eigenvalue weighted by Crippen LogP contribution is -2.27. The van der Waals surface area contributed by atoms with Crippen LogP contribution in [0.3, 0.4) is 0 Å². The van der Waals surface area contributed by atoms with Crippen molar-refractivity contribution in [1.82, 2.24) is 0 Å². The average Bonchev–Trinajstić information content (AvgIpc) is 2.46. The molecule has 1 aliphatic heterocycles. The van der Waals surface area contributed by atoms with Gasteiger partial charge in [-0.15, -0.1) is 0 Å². The average molecular weight is 280 g/mol. The third-order valence-electron chi connectivity index (χ3n) is 3.17. The van der Waals surface area contributed by atoms with Crippen molar-refractivity contribution in [2.24, 2.45) is 0 Å². The van der Waals surface area contributed by atoms with Gasteiger partial charge in [0.2, 0.25) is 0 Å². The molecular formula is C14H20N2O4. The molecule has 6 heteroatoms. The van der Waals surface area contributed by atoms with Crippen LogP contribution < -0.4 is 10.1 Å². The van der Waals surface area contributed by atoms with Crippen LogP contribution in [0.25, 0.3) is 0 Å². The molecule has 0 saturated carbocycles. The third-order valence-corrected chi connectivity index (χ3v) is 3.17. The van der Waals surface area contributed by atoms with Gasteiger partial charge in [-0.25, -0.2) is 0 Å². The Bertz CT molecular complexity index is 458. The monoisotopic (exact) mass is 280 g/mol. The van der Waals surface area contributed by atoms with Crippen molar-refractivity contribution in [3.8, 4) is 5.75 Å². The smallest absolute Gasteiger partial charge is 0.275 e. The molecule has 0 bridgehead atoms. The highest BCUT2D eigenvalue weighted by atomic mass is 16.6. The Morgan fingerprint density at radius 1 is 1.40 bits per heavy atom. The summed E-state index contributed by atoms with van der Waals surface area (Å²) in [4.78, 5) is 10.6. The Morgan fingerprint density at radius 2 is 2.15 bits per heavy atom. The summed E-state index contributed by atoms with van der Waals surface area (Å²) in [7, 11) is 0. The number of nitro groups is 1. The maximum Gasteiger partial charge on any atom is 0.275 e. The molecule has 1 saturated heterocycles. The van der Waals surface area contributed by atoms with Crippen molar-refractivity contribution in [3.63, 3.8) is 0 Å². The van der Waals surface area contributed by atoms with E-state index in [-0.39, 0.29) is 5.69 Å². The highest BCUT2D eigenvalue weighted by molar-refractivity contribution is 5.56. The lowest BCUT2D eigenvalue weighted by molar-refractivity contribution is -0.384. The second kappa shape index (κ2) is 7.09. The molecule has 0 aliphatic carbocycles. The molecule has 1 N–H and O–H groups in total. The zero-order valence-corrected chi connectivity index (χ0v) is 11.6. The van der Waals surface area contributed by atoms with E-state index in [0.717, 1.165) is 38.2 Å². The number of hydrogen-bond donors (Lipinski definition) is 1. The SMILES string of the molecule is CCCOc1cc(NC2CCOCC2)cc([N+](=O)[O-])c1. The van der Waals surface area contributed by atoms with Crippen molar-refractivity contribution >= 4 is 11.4 Å². The van der Waals surface area contributed by atoms with Crippen LogP contribution in [0.2, 0.25) is 0 Å². The molecule has 1 aromatic rings. The van der Waals surface area contributed by atoms with Crippen LogP contribution in [0, 0.1) is 10.1 Å². The minimum atomic E-state index is -0.395. The number of anilines is 1. The summed E-state index contributed by atoms with van der Waals surface area (Å²) >= 11 is 0. The maximum absolute atomic E-state index is 11.0. The normalized spacial score (nSPS) is 15.8. The highest BCUT2D eigenvalue weighted by Gasteiger charge is 2.16. The fraction of sp³-hybridized carbons (Fsp3) is 0.571. The molecule has 2 rings (SSSR count). The Hall–Kier alpha value is -1.82. The number of rotatable bonds is 6. The van der Waals surface area contributed by atoms with Gasteiger partial charge in [-0.05, 0) is 19.3 Å². The molecule has 0 radical (unpaired) electrons. The Labute approximate surface area is 118 Å². The van der Waals surface area contributed by atoms with E-state index in [9.17, 15) is 10.1 Å². The molecule has 0 unspecified atom stereocenters. The van der Waals surface area contributed by atoms with Crippen LogP contribution in [0.1, 0.15) is 26.2 Å². The van der Waals surface area contributed by atoms with E-state index >= 15 is 0 Å². The van der Waals surface area contributed by atoms with Crippen molar-refractivity contribution in [1.29, 1.82) is 0 Å². The standard InChI is InChI=1S/C14H20N2O4/c1-2-5-20-14-9-12(8-13(10-14)16(17)18)15-11-3-6-19-7-4-11/h8-11,15H,2-7H2,1H3. The molecule has 1 heterocycles. The van der Waals surface area contributed by atoms with Gasteiger partial charge in [0.15, 0.2) is 0 Å². The van der Waals surface area contributed by atoms with E-state index in [1.807, 2.05) is 13.0 Å². The second-order valence-electron chi connectivity index (χ2n) is 4.85. The van der Waals surface area contributed by atoms with E-state index in [2.05, 4.69) is 5.32 Å². The molecular weight excluding hydrogens is 260 g/mol. The van der Waals surface area contributed by atoms with Crippen LogP contribution in [0.15, 0.2) is 18.2 Å². The summed E-state index contributed by atoms with van der Waals surface area (Å²) in [6, 6.07) is 5.13. The molecule has 1 aromatic carbocycles. The Morgan fingerprint density at radius 3 is 2.80 bits per heavy atom. The molecule has 6 nitrogen and oxygen atoms in total. The largest absolute Gasteiger partial charge is 0.493 e. The summed E-state index contributed by atoms with van der Waals surface area (Å²) in [5.41, 5.74) is 0.783. The predicted octanol–water partition coefficient (Wildman–Crippen LogP) is 2.97. The van der Waals surface area contributed by atoms with Gasteiger partial charge in [-0.3, -0.25) is 10.1 Å². The molecule has 0 aromatic heterocycles. The van der Waals surface area contributed by atoms with Gasteiger partial charge >= 0.3 is 0 Å². The number of nitro benzene ring substituents is 1. The summed E-state index contributed by atoms with van der Waals surface area (Å²) in [5, 5.41) is 14.3. The molecule has 20 heavy (non-hydrogen) atoms. The first-order valence-corrected chi connectivity index (χ1v) is 6.95. The molecule has 1 aliphatic rings. The number of ether oxygens (including phenoxy) is 2. The number of nitrogens with one attached hydrogen (secondary N) is 1. The molecule has 110 valence electrons. The topological polar surface area (TPSA) is 73.6 Å². The van der Waals surface area contributed by atoms with E-state index in [4.69, 9.17) is 9.47 Å². The fourth-order valence-electron chi connectivity index (χ4n) is 2.15. The summed E-state index contributed by atoms with van der Waals surface area (Å²) in [6.45, 7) is 4.01. The molecule has 1 fully saturated rings. The minimum Gasteiger partial charge on any atom is -0.493 e. The van der Waals surface area contributed by atoms with E-state index in [1.165, 1.54) is 6.07 Å². The van der Waals surface area contributed by atoms with Crippen molar-refractivity contribution in [2.75, 3.05) is 25.1 Å². The maximum atomic E-state index is 11.0. The van der Waals surface area contributed by atoms with Crippen LogP contribution in [-0.4, -0.2) is 30.8 Å². The highest BCUT2D eigenvalue weighted by Crippen LogP contribution is 2.27. The first-order valence-electron chi connectivity index (χ1n) is 6.95. The first-order chi connectivity index (χ1) is 9.69. The van der Waals surface area contributed by atoms with E-state index < -0.39 is 4.92 Å². The molecule has 0 amide bonds. The lowest BCUT2D eigenvalue weighted by atomic mass is 10.1. The van der Waals surface area contributed by atoms with Gasteiger partial charge in [0.05, 0.1) is 17.6 Å². The summed E-state index contributed by atoms with van der Waals surface area (Å²) in [5.74, 6) is 0.538. The quantitative estimate of drug-likeness (QED) is 0.640. The first kappa shape index (κ1) is 14.6. The van der Waals surface area contributed by atoms with Crippen molar-refractivity contribution in [2.45, 2.75) is 32.2 Å². The summed E-state index contributed by atoms with van der Waals surface area (Å²) < 4.78 is 10.8. The van der Waals surface area contributed by atoms with Gasteiger partial charge in [0.1, 0.15) is 5.75 Å². The van der Waals surface area contributed by atoms with Gasteiger partial charge in [-0.2, -0.15) is 0 Å². The predicted molar refractivity (Wildman–Crippen MR) is 76.3 cm³/mol. The van der Waals surface area contributed by atoms with Gasteiger partial charge in [0, 0.05) is 37.1 Å². The van der Waals surface area contributed by atoms with Gasteiger partial charge in [0.25, 0.3) is 5.69 Å². The van der Waals surface area contributed by atoms with E-state index in [0.29, 0.717) is 18.4 Å². The number of hydrogen-bond acceptors (Lipinski definition) is 5. The van der Waals surface area contributed by atoms with Crippen molar-refractivity contribution in [3.05, 3.63) is 28.3 Å². The van der Waals surface area contributed by atoms with Gasteiger partial charge < -0.3 is 14.8 Å². The van der Waals surface area contributed by atoms with Crippen molar-refractivity contribution < 1.29 is 14.4 Å². The summed E-state index contributed by atoms with van der Waals surface area (Å²) in [6.07, 6.45) is 2.69. The number of non-ortho nitro benzene ring substituents is 1. The minimum absolute atomic E-state index is 0.0492. The van der Waals surface area contributed by atoms with Crippen LogP contribution >= 0.6 is 0 Å². The third kappa shape index (κ3) is 4.09. The lowest BCUT2D eigenvalue weighted by Gasteiger charge is -2.24.